The molecule has 0 aliphatic carbocycles. The van der Waals surface area contributed by atoms with Gasteiger partial charge >= 0.3 is 6.18 Å². The number of ether oxygens (including phenoxy) is 1. The lowest BCUT2D eigenvalue weighted by Crippen LogP contribution is -2.36. The molecule has 2 aromatic heterocycles. The van der Waals surface area contributed by atoms with Crippen LogP contribution in [0.4, 0.5) is 24.8 Å². The number of morpholine rings is 1. The van der Waals surface area contributed by atoms with E-state index in [1.54, 1.807) is 6.20 Å². The Labute approximate surface area is 170 Å². The second-order valence-electron chi connectivity index (χ2n) is 7.06. The normalized spacial score (nSPS) is 14.9. The van der Waals surface area contributed by atoms with Gasteiger partial charge in [0.15, 0.2) is 5.82 Å². The summed E-state index contributed by atoms with van der Waals surface area (Å²) in [7, 11) is 0. The number of halogens is 3. The summed E-state index contributed by atoms with van der Waals surface area (Å²) in [5, 5.41) is 22.6. The maximum Gasteiger partial charge on any atom is 0.416 e. The first kappa shape index (κ1) is 20.1. The molecule has 0 spiro atoms. The molecule has 0 radical (unpaired) electrons. The summed E-state index contributed by atoms with van der Waals surface area (Å²) in [5.41, 5.74) is 0.0755. The number of nitrogens with zero attached hydrogens (tertiary/aromatic N) is 4. The Hall–Kier alpha value is -3.14. The molecule has 1 fully saturated rings. The van der Waals surface area contributed by atoms with E-state index in [2.05, 4.69) is 25.4 Å². The first-order chi connectivity index (χ1) is 14.3. The number of nitrogens with one attached hydrogen (secondary N) is 1. The van der Waals surface area contributed by atoms with Gasteiger partial charge in [0.2, 0.25) is 0 Å². The first-order valence-corrected chi connectivity index (χ1v) is 9.41. The van der Waals surface area contributed by atoms with E-state index in [0.717, 1.165) is 35.7 Å². The van der Waals surface area contributed by atoms with Gasteiger partial charge in [0.25, 0.3) is 0 Å². The van der Waals surface area contributed by atoms with E-state index in [-0.39, 0.29) is 12.1 Å². The predicted molar refractivity (Wildman–Crippen MR) is 106 cm³/mol. The van der Waals surface area contributed by atoms with Crippen molar-refractivity contribution >= 4 is 22.4 Å². The molecule has 3 heterocycles. The highest BCUT2D eigenvalue weighted by atomic mass is 19.4. The molecular formula is C20H20F3N5O2. The van der Waals surface area contributed by atoms with Gasteiger partial charge in [-0.1, -0.05) is 0 Å². The topological polar surface area (TPSA) is 83.4 Å². The summed E-state index contributed by atoms with van der Waals surface area (Å²) in [6.45, 7) is 4.55. The number of aryl methyl sites for hydroxylation is 1. The quantitative estimate of drug-likeness (QED) is 0.670. The Kier molecular flexibility index (Phi) is 5.33. The lowest BCUT2D eigenvalue weighted by molar-refractivity contribution is -0.137. The van der Waals surface area contributed by atoms with Crippen LogP contribution in [0.5, 0.6) is 5.75 Å². The average molecular weight is 419 g/mol. The first-order valence-electron chi connectivity index (χ1n) is 9.41. The van der Waals surface area contributed by atoms with Gasteiger partial charge in [-0.25, -0.2) is 4.98 Å². The number of aromatic nitrogens is 3. The zero-order valence-corrected chi connectivity index (χ0v) is 16.2. The molecule has 4 rings (SSSR count). The monoisotopic (exact) mass is 419 g/mol. The van der Waals surface area contributed by atoms with Crippen molar-refractivity contribution in [3.63, 3.8) is 0 Å². The van der Waals surface area contributed by atoms with Crippen LogP contribution in [0.2, 0.25) is 0 Å². The van der Waals surface area contributed by atoms with Crippen LogP contribution in [0.15, 0.2) is 30.5 Å². The van der Waals surface area contributed by atoms with E-state index in [9.17, 15) is 18.3 Å². The zero-order chi connectivity index (χ0) is 21.3. The summed E-state index contributed by atoms with van der Waals surface area (Å²) in [6, 6.07) is 4.88. The number of phenols is 1. The van der Waals surface area contributed by atoms with Crippen LogP contribution in [0.3, 0.4) is 0 Å². The minimum atomic E-state index is -4.54. The van der Waals surface area contributed by atoms with E-state index in [4.69, 9.17) is 4.74 Å². The number of fused-ring (bicyclic) bond motifs is 1. The molecular weight excluding hydrogens is 399 g/mol. The SMILES string of the molecule is Cc1nnc(NCc2cc(O)cc(C(F)(F)F)c2)c2cc(N3CCOCC3)ncc12. The Bertz CT molecular complexity index is 1070. The maximum atomic E-state index is 13.0. The number of aromatic hydroxyl groups is 1. The van der Waals surface area contributed by atoms with Gasteiger partial charge < -0.3 is 20.1 Å². The Morgan fingerprint density at radius 2 is 1.87 bits per heavy atom. The molecule has 7 nitrogen and oxygen atoms in total. The van der Waals surface area contributed by atoms with Crippen molar-refractivity contribution in [2.24, 2.45) is 0 Å². The van der Waals surface area contributed by atoms with Crippen molar-refractivity contribution < 1.29 is 23.0 Å². The van der Waals surface area contributed by atoms with Crippen LogP contribution in [0.1, 0.15) is 16.8 Å². The van der Waals surface area contributed by atoms with Gasteiger partial charge in [0.1, 0.15) is 11.6 Å². The van der Waals surface area contributed by atoms with Gasteiger partial charge in [-0.15, -0.1) is 5.10 Å². The van der Waals surface area contributed by atoms with Crippen molar-refractivity contribution in [3.8, 4) is 5.75 Å². The van der Waals surface area contributed by atoms with Crippen molar-refractivity contribution in [1.29, 1.82) is 0 Å². The third-order valence-electron chi connectivity index (χ3n) is 4.93. The molecule has 2 N–H and O–H groups in total. The Morgan fingerprint density at radius 3 is 2.60 bits per heavy atom. The van der Waals surface area contributed by atoms with Crippen LogP contribution < -0.4 is 10.2 Å². The minimum absolute atomic E-state index is 0.0412. The highest BCUT2D eigenvalue weighted by Gasteiger charge is 2.31. The molecule has 0 saturated carbocycles. The third kappa shape index (κ3) is 4.23. The zero-order valence-electron chi connectivity index (χ0n) is 16.2. The predicted octanol–water partition coefficient (Wildman–Crippen LogP) is 3.51. The fourth-order valence-electron chi connectivity index (χ4n) is 3.38. The molecule has 3 aromatic rings. The molecule has 0 atom stereocenters. The molecule has 158 valence electrons. The fourth-order valence-corrected chi connectivity index (χ4v) is 3.38. The minimum Gasteiger partial charge on any atom is -0.508 e. The smallest absolute Gasteiger partial charge is 0.416 e. The fraction of sp³-hybridized carbons (Fsp3) is 0.350. The van der Waals surface area contributed by atoms with Gasteiger partial charge in [-0.3, -0.25) is 0 Å². The molecule has 1 saturated heterocycles. The van der Waals surface area contributed by atoms with Crippen LogP contribution in [0, 0.1) is 6.92 Å². The van der Waals surface area contributed by atoms with Gasteiger partial charge in [0, 0.05) is 36.6 Å². The highest BCUT2D eigenvalue weighted by molar-refractivity contribution is 5.94. The largest absolute Gasteiger partial charge is 0.508 e. The number of phenolic OH excluding ortho intramolecular Hbond substituents is 1. The van der Waals surface area contributed by atoms with Crippen molar-refractivity contribution in [2.45, 2.75) is 19.6 Å². The standard InChI is InChI=1S/C20H20F3N5O2/c1-12-17-11-24-18(28-2-4-30-5-3-28)9-16(17)19(27-26-12)25-10-13-6-14(20(21,22)23)8-15(29)7-13/h6-9,11,29H,2-5,10H2,1H3,(H,25,27). The summed E-state index contributed by atoms with van der Waals surface area (Å²) in [6.07, 6.45) is -2.81. The maximum absolute atomic E-state index is 13.0. The highest BCUT2D eigenvalue weighted by Crippen LogP contribution is 2.33. The second-order valence-corrected chi connectivity index (χ2v) is 7.06. The Morgan fingerprint density at radius 1 is 1.10 bits per heavy atom. The molecule has 0 bridgehead atoms. The van der Waals surface area contributed by atoms with Gasteiger partial charge in [-0.2, -0.15) is 18.3 Å². The molecule has 1 aliphatic rings. The number of hydrogen-bond donors (Lipinski definition) is 2. The van der Waals surface area contributed by atoms with Crippen LogP contribution in [-0.2, 0) is 17.5 Å². The van der Waals surface area contributed by atoms with E-state index in [1.165, 1.54) is 6.07 Å². The number of rotatable bonds is 4. The van der Waals surface area contributed by atoms with Crippen molar-refractivity contribution in [2.75, 3.05) is 36.5 Å². The Balaban J connectivity index is 1.64. The molecule has 0 unspecified atom stereocenters. The van der Waals surface area contributed by atoms with E-state index in [0.29, 0.717) is 30.8 Å². The molecule has 10 heteroatoms. The lowest BCUT2D eigenvalue weighted by Gasteiger charge is -2.28. The second kappa shape index (κ2) is 7.94. The van der Waals surface area contributed by atoms with E-state index >= 15 is 0 Å². The van der Waals surface area contributed by atoms with Crippen LogP contribution in [0.25, 0.3) is 10.8 Å². The average Bonchev–Trinajstić information content (AvgIpc) is 2.73. The van der Waals surface area contributed by atoms with E-state index < -0.39 is 17.5 Å². The van der Waals surface area contributed by atoms with Gasteiger partial charge in [-0.05, 0) is 36.8 Å². The summed E-state index contributed by atoms with van der Waals surface area (Å²) in [4.78, 5) is 6.62. The van der Waals surface area contributed by atoms with Crippen LogP contribution >= 0.6 is 0 Å². The number of pyridine rings is 1. The molecule has 30 heavy (non-hydrogen) atoms. The van der Waals surface area contributed by atoms with Gasteiger partial charge in [0.05, 0.1) is 24.5 Å². The third-order valence-corrected chi connectivity index (χ3v) is 4.93. The molecule has 1 aliphatic heterocycles. The lowest BCUT2D eigenvalue weighted by atomic mass is 10.1. The molecule has 0 amide bonds. The number of benzene rings is 1. The summed E-state index contributed by atoms with van der Waals surface area (Å²) >= 11 is 0. The van der Waals surface area contributed by atoms with E-state index in [1.807, 2.05) is 13.0 Å². The van der Waals surface area contributed by atoms with Crippen molar-refractivity contribution in [3.05, 3.63) is 47.3 Å². The van der Waals surface area contributed by atoms with Crippen LogP contribution in [-0.4, -0.2) is 46.6 Å². The summed E-state index contributed by atoms with van der Waals surface area (Å²) in [5.74, 6) is 0.766. The number of anilines is 2. The molecule has 1 aromatic carbocycles. The number of hydrogen-bond acceptors (Lipinski definition) is 7. The van der Waals surface area contributed by atoms with Crippen molar-refractivity contribution in [1.82, 2.24) is 15.2 Å². The summed E-state index contributed by atoms with van der Waals surface area (Å²) < 4.78 is 44.4. The number of alkyl halides is 3.